The zero-order valence-corrected chi connectivity index (χ0v) is 15.9. The Morgan fingerprint density at radius 1 is 1.12 bits per heavy atom. The molecule has 0 aliphatic heterocycles. The van der Waals surface area contributed by atoms with Crippen molar-refractivity contribution in [3.8, 4) is 0 Å². The van der Waals surface area contributed by atoms with Crippen LogP contribution in [0.25, 0.3) is 0 Å². The van der Waals surface area contributed by atoms with Gasteiger partial charge in [-0.15, -0.1) is 11.8 Å². The van der Waals surface area contributed by atoms with E-state index in [9.17, 15) is 13.2 Å². The molecule has 2 aromatic carbocycles. The molecule has 7 heteroatoms. The number of primary sulfonamides is 1. The van der Waals surface area contributed by atoms with E-state index in [1.165, 1.54) is 12.1 Å². The Hall–Kier alpha value is -1.83. The highest BCUT2D eigenvalue weighted by Gasteiger charge is 2.18. The van der Waals surface area contributed by atoms with Gasteiger partial charge in [0.2, 0.25) is 15.9 Å². The quantitative estimate of drug-likeness (QED) is 0.751. The minimum Gasteiger partial charge on any atom is -0.339 e. The predicted molar refractivity (Wildman–Crippen MR) is 101 cm³/mol. The van der Waals surface area contributed by atoms with Crippen molar-refractivity contribution >= 4 is 27.7 Å². The maximum Gasteiger partial charge on any atom is 0.238 e. The first-order valence-corrected chi connectivity index (χ1v) is 10.4. The molecule has 2 N–H and O–H groups in total. The number of sulfonamides is 1. The summed E-state index contributed by atoms with van der Waals surface area (Å²) in [5.74, 6) is 0.760. The fourth-order valence-corrected chi connectivity index (χ4v) is 3.70. The molecule has 2 aromatic rings. The van der Waals surface area contributed by atoms with E-state index in [0.717, 1.165) is 10.5 Å². The van der Waals surface area contributed by atoms with Crippen LogP contribution in [0.1, 0.15) is 24.9 Å². The number of amides is 1. The summed E-state index contributed by atoms with van der Waals surface area (Å²) in [6, 6.07) is 16.1. The van der Waals surface area contributed by atoms with Gasteiger partial charge in [0, 0.05) is 24.1 Å². The van der Waals surface area contributed by atoms with E-state index in [4.69, 9.17) is 5.14 Å². The first-order valence-electron chi connectivity index (χ1n) is 7.85. The summed E-state index contributed by atoms with van der Waals surface area (Å²) in [6.45, 7) is 1.91. The number of carbonyl (C=O) groups excluding carboxylic acids is 1. The lowest BCUT2D eigenvalue weighted by atomic mass is 10.1. The fourth-order valence-electron chi connectivity index (χ4n) is 2.32. The number of benzene rings is 2. The summed E-state index contributed by atoms with van der Waals surface area (Å²) >= 11 is 1.65. The number of nitrogens with zero attached hydrogens (tertiary/aromatic N) is 1. The fraction of sp³-hybridized carbons (Fsp3) is 0.278. The topological polar surface area (TPSA) is 80.5 Å². The third kappa shape index (κ3) is 5.59. The summed E-state index contributed by atoms with van der Waals surface area (Å²) in [4.78, 5) is 15.3. The number of thioether (sulfide) groups is 1. The van der Waals surface area contributed by atoms with Gasteiger partial charge in [-0.25, -0.2) is 13.6 Å². The number of nitrogens with two attached hydrogens (primary N) is 1. The molecule has 0 saturated heterocycles. The van der Waals surface area contributed by atoms with Crippen molar-refractivity contribution in [1.29, 1.82) is 0 Å². The number of hydrogen-bond donors (Lipinski definition) is 1. The summed E-state index contributed by atoms with van der Waals surface area (Å²) in [5.41, 5.74) is 0.860. The van der Waals surface area contributed by atoms with Gasteiger partial charge in [-0.1, -0.05) is 30.3 Å². The molecule has 0 aliphatic rings. The van der Waals surface area contributed by atoms with Crippen molar-refractivity contribution in [1.82, 2.24) is 4.90 Å². The second-order valence-corrected chi connectivity index (χ2v) is 8.44. The maximum atomic E-state index is 12.4. The Morgan fingerprint density at radius 3 is 2.28 bits per heavy atom. The van der Waals surface area contributed by atoms with Crippen LogP contribution in [0.15, 0.2) is 64.4 Å². The van der Waals surface area contributed by atoms with Gasteiger partial charge in [-0.05, 0) is 36.8 Å². The normalized spacial score (nSPS) is 12.6. The number of carbonyl (C=O) groups is 1. The van der Waals surface area contributed by atoms with Crippen LogP contribution in [0.2, 0.25) is 0 Å². The van der Waals surface area contributed by atoms with Crippen LogP contribution in [-0.4, -0.2) is 32.0 Å². The molecule has 0 heterocycles. The van der Waals surface area contributed by atoms with Gasteiger partial charge in [0.15, 0.2) is 0 Å². The Bertz CT molecular complexity index is 806. The Labute approximate surface area is 153 Å². The van der Waals surface area contributed by atoms with Crippen LogP contribution in [0.3, 0.4) is 0 Å². The predicted octanol–water partition coefficient (Wildman–Crippen LogP) is 3.04. The molecule has 0 bridgehead atoms. The molecule has 1 amide bonds. The van der Waals surface area contributed by atoms with Crippen molar-refractivity contribution in [3.63, 3.8) is 0 Å². The lowest BCUT2D eigenvalue weighted by Gasteiger charge is -2.25. The summed E-state index contributed by atoms with van der Waals surface area (Å²) in [6.07, 6.45) is 0.440. The van der Waals surface area contributed by atoms with Crippen molar-refractivity contribution in [2.24, 2.45) is 5.14 Å². The first kappa shape index (κ1) is 19.5. The maximum absolute atomic E-state index is 12.4. The monoisotopic (exact) mass is 378 g/mol. The van der Waals surface area contributed by atoms with E-state index in [-0.39, 0.29) is 16.8 Å². The Kier molecular flexibility index (Phi) is 6.64. The van der Waals surface area contributed by atoms with Gasteiger partial charge in [-0.2, -0.15) is 0 Å². The highest BCUT2D eigenvalue weighted by Crippen LogP contribution is 2.23. The molecule has 2 rings (SSSR count). The molecule has 0 radical (unpaired) electrons. The van der Waals surface area contributed by atoms with Crippen LogP contribution in [-0.2, 0) is 14.8 Å². The minimum absolute atomic E-state index is 0.0476. The number of hydrogen-bond acceptors (Lipinski definition) is 4. The lowest BCUT2D eigenvalue weighted by molar-refractivity contribution is -0.131. The molecule has 134 valence electrons. The molecule has 5 nitrogen and oxygen atoms in total. The SMILES string of the molecule is CC(c1ccc(S(N)(=O)=O)cc1)N(C)C(=O)CCSc1ccccc1. The van der Waals surface area contributed by atoms with E-state index in [1.807, 2.05) is 37.3 Å². The van der Waals surface area contributed by atoms with Gasteiger partial charge < -0.3 is 4.90 Å². The molecule has 0 aromatic heterocycles. The Balaban J connectivity index is 1.92. The molecule has 25 heavy (non-hydrogen) atoms. The van der Waals surface area contributed by atoms with E-state index in [2.05, 4.69) is 0 Å². The van der Waals surface area contributed by atoms with Gasteiger partial charge in [0.05, 0.1) is 10.9 Å². The third-order valence-corrected chi connectivity index (χ3v) is 5.94. The molecule has 0 spiro atoms. The average molecular weight is 379 g/mol. The molecule has 0 fully saturated rings. The standard InChI is InChI=1S/C18H22N2O3S2/c1-14(15-8-10-17(11-9-15)25(19,22)23)20(2)18(21)12-13-24-16-6-4-3-5-7-16/h3-11,14H,12-13H2,1-2H3,(H2,19,22,23). The zero-order chi connectivity index (χ0) is 18.4. The smallest absolute Gasteiger partial charge is 0.238 e. The molecule has 1 atom stereocenters. The second kappa shape index (κ2) is 8.51. The van der Waals surface area contributed by atoms with E-state index in [1.54, 1.807) is 35.8 Å². The summed E-state index contributed by atoms with van der Waals surface area (Å²) in [7, 11) is -1.95. The first-order chi connectivity index (χ1) is 11.8. The van der Waals surface area contributed by atoms with Crippen LogP contribution < -0.4 is 5.14 Å². The Morgan fingerprint density at radius 2 is 1.72 bits per heavy atom. The molecular formula is C18H22N2O3S2. The van der Waals surface area contributed by atoms with Crippen molar-refractivity contribution < 1.29 is 13.2 Å². The lowest BCUT2D eigenvalue weighted by Crippen LogP contribution is -2.29. The molecule has 1 unspecified atom stereocenters. The van der Waals surface area contributed by atoms with Crippen molar-refractivity contribution in [3.05, 3.63) is 60.2 Å². The van der Waals surface area contributed by atoms with Gasteiger partial charge in [0.25, 0.3) is 0 Å². The second-order valence-electron chi connectivity index (χ2n) is 5.71. The van der Waals surface area contributed by atoms with Gasteiger partial charge in [-0.3, -0.25) is 4.79 Å². The third-order valence-electron chi connectivity index (χ3n) is 3.99. The molecule has 0 aliphatic carbocycles. The highest BCUT2D eigenvalue weighted by molar-refractivity contribution is 7.99. The largest absolute Gasteiger partial charge is 0.339 e. The number of rotatable bonds is 7. The van der Waals surface area contributed by atoms with E-state index >= 15 is 0 Å². The van der Waals surface area contributed by atoms with Crippen molar-refractivity contribution in [2.45, 2.75) is 29.2 Å². The van der Waals surface area contributed by atoms with Crippen LogP contribution in [0.5, 0.6) is 0 Å². The molecule has 0 saturated carbocycles. The van der Waals surface area contributed by atoms with Gasteiger partial charge in [0.1, 0.15) is 0 Å². The van der Waals surface area contributed by atoms with Gasteiger partial charge >= 0.3 is 0 Å². The summed E-state index contributed by atoms with van der Waals surface area (Å²) in [5, 5.41) is 5.10. The minimum atomic E-state index is -3.70. The van der Waals surface area contributed by atoms with E-state index < -0.39 is 10.0 Å². The van der Waals surface area contributed by atoms with Crippen LogP contribution in [0, 0.1) is 0 Å². The highest BCUT2D eigenvalue weighted by atomic mass is 32.2. The van der Waals surface area contributed by atoms with Crippen LogP contribution >= 0.6 is 11.8 Å². The van der Waals surface area contributed by atoms with Crippen molar-refractivity contribution in [2.75, 3.05) is 12.8 Å². The average Bonchev–Trinajstić information content (AvgIpc) is 2.60. The zero-order valence-electron chi connectivity index (χ0n) is 14.3. The van der Waals surface area contributed by atoms with E-state index in [0.29, 0.717) is 12.2 Å². The molecular weight excluding hydrogens is 356 g/mol. The van der Waals surface area contributed by atoms with Crippen LogP contribution in [0.4, 0.5) is 0 Å². The summed E-state index contributed by atoms with van der Waals surface area (Å²) < 4.78 is 22.6.